The first-order chi connectivity index (χ1) is 9.99. The number of hydrogen-bond acceptors (Lipinski definition) is 5. The number of carbonyl (C=O) groups excluding carboxylic acids is 1. The molecule has 21 heavy (non-hydrogen) atoms. The van der Waals surface area contributed by atoms with Crippen molar-refractivity contribution in [3.8, 4) is 5.82 Å². The molecule has 0 fully saturated rings. The Morgan fingerprint density at radius 2 is 2.14 bits per heavy atom. The largest absolute Gasteiger partial charge is 0.480 e. The molecule has 0 spiro atoms. The van der Waals surface area contributed by atoms with Crippen molar-refractivity contribution in [1.82, 2.24) is 19.9 Å². The van der Waals surface area contributed by atoms with Crippen LogP contribution in [0.25, 0.3) is 5.82 Å². The van der Waals surface area contributed by atoms with Gasteiger partial charge in [0.1, 0.15) is 12.1 Å². The number of hydrogen-bond donors (Lipinski definition) is 3. The number of aliphatic hydroxyl groups excluding tert-OH is 1. The molecule has 0 radical (unpaired) electrons. The van der Waals surface area contributed by atoms with Gasteiger partial charge in [-0.15, -0.1) is 0 Å². The molecule has 0 aromatic carbocycles. The smallest absolute Gasteiger partial charge is 0.328 e. The van der Waals surface area contributed by atoms with Crippen LogP contribution < -0.4 is 5.32 Å². The molecular formula is C13H14N4O4. The Morgan fingerprint density at radius 3 is 2.62 bits per heavy atom. The first-order valence-electron chi connectivity index (χ1n) is 6.15. The van der Waals surface area contributed by atoms with Gasteiger partial charge in [-0.1, -0.05) is 0 Å². The van der Waals surface area contributed by atoms with Crippen LogP contribution in [0.15, 0.2) is 37.1 Å². The van der Waals surface area contributed by atoms with Crippen LogP contribution in [0.4, 0.5) is 0 Å². The minimum absolute atomic E-state index is 0.200. The maximum absolute atomic E-state index is 11.9. The number of imidazole rings is 1. The van der Waals surface area contributed by atoms with E-state index in [1.54, 1.807) is 29.4 Å². The number of amides is 1. The Labute approximate surface area is 120 Å². The van der Waals surface area contributed by atoms with Gasteiger partial charge >= 0.3 is 5.97 Å². The van der Waals surface area contributed by atoms with Gasteiger partial charge in [0.2, 0.25) is 0 Å². The van der Waals surface area contributed by atoms with Crippen LogP contribution in [-0.4, -0.2) is 48.8 Å². The highest BCUT2D eigenvalue weighted by atomic mass is 16.4. The molecule has 3 N–H and O–H groups in total. The number of aromatic nitrogens is 3. The van der Waals surface area contributed by atoms with Gasteiger partial charge in [-0.05, 0) is 19.1 Å². The number of nitrogens with one attached hydrogen (secondary N) is 1. The third-order valence-electron chi connectivity index (χ3n) is 2.81. The van der Waals surface area contributed by atoms with Crippen LogP contribution in [0.5, 0.6) is 0 Å². The molecule has 0 saturated carbocycles. The molecule has 2 atom stereocenters. The highest BCUT2D eigenvalue weighted by Gasteiger charge is 2.25. The number of carboxylic acids is 1. The molecule has 2 rings (SSSR count). The van der Waals surface area contributed by atoms with Crippen molar-refractivity contribution < 1.29 is 19.8 Å². The van der Waals surface area contributed by atoms with Gasteiger partial charge in [-0.3, -0.25) is 9.36 Å². The summed E-state index contributed by atoms with van der Waals surface area (Å²) in [7, 11) is 0. The van der Waals surface area contributed by atoms with Crippen molar-refractivity contribution in [2.24, 2.45) is 0 Å². The summed E-state index contributed by atoms with van der Waals surface area (Å²) >= 11 is 0. The molecule has 0 aliphatic heterocycles. The Balaban J connectivity index is 2.11. The van der Waals surface area contributed by atoms with E-state index in [1.165, 1.54) is 19.2 Å². The second kappa shape index (κ2) is 6.14. The fourth-order valence-electron chi connectivity index (χ4n) is 1.68. The molecule has 0 aliphatic carbocycles. The number of nitrogens with zero attached hydrogens (tertiary/aromatic N) is 3. The number of rotatable bonds is 5. The highest BCUT2D eigenvalue weighted by molar-refractivity contribution is 5.96. The van der Waals surface area contributed by atoms with Gasteiger partial charge in [0.05, 0.1) is 11.7 Å². The lowest BCUT2D eigenvalue weighted by Crippen LogP contribution is -2.47. The summed E-state index contributed by atoms with van der Waals surface area (Å²) < 4.78 is 1.66. The van der Waals surface area contributed by atoms with E-state index in [4.69, 9.17) is 5.11 Å². The quantitative estimate of drug-likeness (QED) is 0.704. The predicted molar refractivity (Wildman–Crippen MR) is 71.9 cm³/mol. The van der Waals surface area contributed by atoms with Gasteiger partial charge < -0.3 is 15.5 Å². The number of aliphatic hydroxyl groups is 1. The van der Waals surface area contributed by atoms with E-state index in [0.717, 1.165) is 0 Å². The van der Waals surface area contributed by atoms with Crippen molar-refractivity contribution in [3.63, 3.8) is 0 Å². The van der Waals surface area contributed by atoms with Gasteiger partial charge in [-0.25, -0.2) is 14.8 Å². The third-order valence-corrected chi connectivity index (χ3v) is 2.81. The number of pyridine rings is 1. The zero-order valence-electron chi connectivity index (χ0n) is 11.2. The standard InChI is InChI=1S/C13H14N4O4/c1-8(18)11(13(20)21)16-12(19)9-2-3-10(15-6-9)17-5-4-14-7-17/h2-8,11,18H,1H3,(H,16,19)(H,20,21). The minimum Gasteiger partial charge on any atom is -0.480 e. The van der Waals surface area contributed by atoms with E-state index in [2.05, 4.69) is 15.3 Å². The summed E-state index contributed by atoms with van der Waals surface area (Å²) in [4.78, 5) is 30.8. The molecule has 1 amide bonds. The fourth-order valence-corrected chi connectivity index (χ4v) is 1.68. The lowest BCUT2D eigenvalue weighted by molar-refractivity contribution is -0.141. The molecule has 2 aromatic rings. The van der Waals surface area contributed by atoms with E-state index in [9.17, 15) is 14.7 Å². The molecule has 8 nitrogen and oxygen atoms in total. The van der Waals surface area contributed by atoms with E-state index >= 15 is 0 Å². The van der Waals surface area contributed by atoms with Crippen molar-refractivity contribution in [2.45, 2.75) is 19.1 Å². The normalized spacial score (nSPS) is 13.4. The molecule has 0 aliphatic rings. The topological polar surface area (TPSA) is 117 Å². The van der Waals surface area contributed by atoms with Crippen molar-refractivity contribution >= 4 is 11.9 Å². The summed E-state index contributed by atoms with van der Waals surface area (Å²) in [6.45, 7) is 1.29. The Morgan fingerprint density at radius 1 is 1.38 bits per heavy atom. The van der Waals surface area contributed by atoms with Crippen LogP contribution in [-0.2, 0) is 4.79 Å². The van der Waals surface area contributed by atoms with Crippen LogP contribution >= 0.6 is 0 Å². The van der Waals surface area contributed by atoms with E-state index in [-0.39, 0.29) is 5.56 Å². The average molecular weight is 290 g/mol. The first-order valence-corrected chi connectivity index (χ1v) is 6.15. The summed E-state index contributed by atoms with van der Waals surface area (Å²) in [6.07, 6.45) is 4.99. The number of aliphatic carboxylic acids is 1. The summed E-state index contributed by atoms with van der Waals surface area (Å²) in [6, 6.07) is 1.75. The summed E-state index contributed by atoms with van der Waals surface area (Å²) in [5, 5.41) is 20.5. The third kappa shape index (κ3) is 3.42. The maximum atomic E-state index is 11.9. The van der Waals surface area contributed by atoms with Crippen molar-refractivity contribution in [3.05, 3.63) is 42.6 Å². The molecule has 2 aromatic heterocycles. The average Bonchev–Trinajstić information content (AvgIpc) is 2.98. The first kappa shape index (κ1) is 14.7. The van der Waals surface area contributed by atoms with Crippen LogP contribution in [0, 0.1) is 0 Å². The predicted octanol–water partition coefficient (Wildman–Crippen LogP) is -0.169. The summed E-state index contributed by atoms with van der Waals surface area (Å²) in [5.41, 5.74) is 0.200. The van der Waals surface area contributed by atoms with Gasteiger partial charge in [-0.2, -0.15) is 0 Å². The molecule has 2 heterocycles. The van der Waals surface area contributed by atoms with Crippen LogP contribution in [0.1, 0.15) is 17.3 Å². The maximum Gasteiger partial charge on any atom is 0.328 e. The molecule has 0 saturated heterocycles. The number of carbonyl (C=O) groups is 2. The van der Waals surface area contributed by atoms with Crippen molar-refractivity contribution in [1.29, 1.82) is 0 Å². The zero-order valence-corrected chi connectivity index (χ0v) is 11.2. The van der Waals surface area contributed by atoms with E-state index < -0.39 is 24.0 Å². The summed E-state index contributed by atoms with van der Waals surface area (Å²) in [5.74, 6) is -1.34. The molecule has 2 unspecified atom stereocenters. The van der Waals surface area contributed by atoms with E-state index in [0.29, 0.717) is 5.82 Å². The Bertz CT molecular complexity index is 622. The SMILES string of the molecule is CC(O)C(NC(=O)c1ccc(-n2ccnc2)nc1)C(=O)O. The monoisotopic (exact) mass is 290 g/mol. The van der Waals surface area contributed by atoms with E-state index in [1.807, 2.05) is 0 Å². The second-order valence-electron chi connectivity index (χ2n) is 4.41. The Hall–Kier alpha value is -2.74. The highest BCUT2D eigenvalue weighted by Crippen LogP contribution is 2.06. The molecule has 8 heteroatoms. The fraction of sp³-hybridized carbons (Fsp3) is 0.231. The van der Waals surface area contributed by atoms with Crippen molar-refractivity contribution in [2.75, 3.05) is 0 Å². The molecule has 110 valence electrons. The minimum atomic E-state index is -1.37. The molecular weight excluding hydrogens is 276 g/mol. The van der Waals surface area contributed by atoms with Gasteiger partial charge in [0, 0.05) is 18.6 Å². The van der Waals surface area contributed by atoms with Crippen LogP contribution in [0.3, 0.4) is 0 Å². The Kier molecular flexibility index (Phi) is 4.29. The van der Waals surface area contributed by atoms with Gasteiger partial charge in [0.15, 0.2) is 6.04 Å². The van der Waals surface area contributed by atoms with Crippen LogP contribution in [0.2, 0.25) is 0 Å². The second-order valence-corrected chi connectivity index (χ2v) is 4.41. The lowest BCUT2D eigenvalue weighted by Gasteiger charge is -2.16. The van der Waals surface area contributed by atoms with Gasteiger partial charge in [0.25, 0.3) is 5.91 Å². The zero-order chi connectivity index (χ0) is 15.4. The molecule has 0 bridgehead atoms. The number of carboxylic acid groups (broad SMARTS) is 1. The lowest BCUT2D eigenvalue weighted by atomic mass is 10.1.